The lowest BCUT2D eigenvalue weighted by atomic mass is 10.9. The Morgan fingerprint density at radius 1 is 0.767 bits per heavy atom. The third-order valence-corrected chi connectivity index (χ3v) is 14.4. The molecule has 0 bridgehead atoms. The normalized spacial score (nSPS) is 12.2. The number of thioether (sulfide) groups is 10. The van der Waals surface area contributed by atoms with E-state index in [2.05, 4.69) is 20.6 Å². The van der Waals surface area contributed by atoms with Gasteiger partial charge in [-0.15, -0.1) is 94.1 Å². The second kappa shape index (κ2) is 38.0. The molecule has 0 aromatic heterocycles. The number of alkyl carbamates (subject to hydrolysis) is 1. The molecular weight excluding hydrogens is 777 g/mol. The van der Waals surface area contributed by atoms with Crippen LogP contribution in [0.25, 0.3) is 0 Å². The Balaban J connectivity index is 3.41. The number of hydrogen-bond donors (Lipinski definition) is 4. The fraction of sp³-hybridized carbons (Fsp3) is 0.800. The fourth-order valence-electron chi connectivity index (χ4n) is 1.81. The standard InChI is InChI=1S/C20H38N4O8S11/c25-11-38-17-40-13-30-19(27)23-8-36-16-35-7-22-10-43(29)4-3-33-1-2-42-20(28)24-9-37-15-34-6-21-5-31-32-14-41-18-39-12-26/h5,10,25-26H,1-4,6-9,11-18H2,(H,23,27)(H,24,28)/b21-5-,22-10-. The van der Waals surface area contributed by atoms with Crippen LogP contribution in [-0.4, -0.2) is 129 Å². The van der Waals surface area contributed by atoms with Crippen LogP contribution in [0.15, 0.2) is 9.98 Å². The minimum atomic E-state index is -1.11. The van der Waals surface area contributed by atoms with Gasteiger partial charge in [-0.1, -0.05) is 11.8 Å². The lowest BCUT2D eigenvalue weighted by Gasteiger charge is -2.06. The van der Waals surface area contributed by atoms with E-state index in [-0.39, 0.29) is 23.1 Å². The van der Waals surface area contributed by atoms with Crippen molar-refractivity contribution >= 4 is 152 Å². The molecule has 0 heterocycles. The van der Waals surface area contributed by atoms with Gasteiger partial charge in [-0.25, -0.2) is 14.8 Å². The first-order valence-corrected chi connectivity index (χ1v) is 24.7. The highest BCUT2D eigenvalue weighted by Crippen LogP contribution is 2.14. The number of ether oxygens (including phenoxy) is 1. The van der Waals surface area contributed by atoms with Gasteiger partial charge in [0.2, 0.25) is 11.9 Å². The number of carbonyl (C=O) groups excluding carboxylic acids is 2. The third kappa shape index (κ3) is 37.9. The van der Waals surface area contributed by atoms with Gasteiger partial charge in [0.05, 0.1) is 35.4 Å². The van der Waals surface area contributed by atoms with Crippen molar-refractivity contribution in [3.05, 3.63) is 0 Å². The van der Waals surface area contributed by atoms with E-state index >= 15 is 0 Å². The van der Waals surface area contributed by atoms with E-state index < -0.39 is 17.3 Å². The largest absolute Gasteiger partial charge is 0.611 e. The number of nitrogens with one attached hydrogen (secondary N) is 2. The summed E-state index contributed by atoms with van der Waals surface area (Å²) >= 11 is 13.7. The number of hydrogen-bond acceptors (Lipinski definition) is 20. The first-order chi connectivity index (χ1) is 21.1. The SMILES string of the molecule is O=C(NCSCSC/N=C\[S+]([O-])CCSCCSC(=O)NCSCSC/N=C\OOCSCSCO)OCSCSCO. The molecule has 252 valence electrons. The van der Waals surface area contributed by atoms with Crippen LogP contribution in [0.2, 0.25) is 0 Å². The molecule has 43 heavy (non-hydrogen) atoms. The van der Waals surface area contributed by atoms with Crippen molar-refractivity contribution in [3.63, 3.8) is 0 Å². The molecule has 0 aliphatic heterocycles. The van der Waals surface area contributed by atoms with Crippen LogP contribution in [0.1, 0.15) is 0 Å². The van der Waals surface area contributed by atoms with E-state index in [1.54, 1.807) is 47.0 Å². The van der Waals surface area contributed by atoms with Crippen LogP contribution in [0, 0.1) is 0 Å². The lowest BCUT2D eigenvalue weighted by molar-refractivity contribution is -0.196. The zero-order chi connectivity index (χ0) is 31.5. The smallest absolute Gasteiger partial charge is 0.408 e. The Hall–Kier alpha value is 1.57. The highest BCUT2D eigenvalue weighted by molar-refractivity contribution is 8.17. The number of nitrogens with zero attached hydrogens (tertiary/aromatic N) is 2. The number of aliphatic hydroxyl groups is 2. The van der Waals surface area contributed by atoms with E-state index in [0.29, 0.717) is 46.0 Å². The molecule has 0 aliphatic carbocycles. The number of amides is 2. The molecule has 2 amide bonds. The van der Waals surface area contributed by atoms with Crippen molar-refractivity contribution in [1.29, 1.82) is 0 Å². The van der Waals surface area contributed by atoms with Crippen LogP contribution < -0.4 is 10.6 Å². The van der Waals surface area contributed by atoms with Gasteiger partial charge in [0.1, 0.15) is 17.6 Å². The summed E-state index contributed by atoms with van der Waals surface area (Å²) in [4.78, 5) is 41.2. The summed E-state index contributed by atoms with van der Waals surface area (Å²) in [6, 6.07) is 0. The molecule has 0 aliphatic rings. The Morgan fingerprint density at radius 2 is 1.42 bits per heavy atom. The second-order valence-electron chi connectivity index (χ2n) is 6.55. The molecule has 0 radical (unpaired) electrons. The van der Waals surface area contributed by atoms with Crippen molar-refractivity contribution in [2.45, 2.75) is 0 Å². The average Bonchev–Trinajstić information content (AvgIpc) is 3.00. The summed E-state index contributed by atoms with van der Waals surface area (Å²) in [5.41, 5.74) is 1.48. The number of aliphatic hydroxyl groups excluding tert-OH is 2. The second-order valence-corrected chi connectivity index (χ2v) is 19.3. The molecule has 0 aromatic carbocycles. The van der Waals surface area contributed by atoms with Crippen LogP contribution in [0.3, 0.4) is 0 Å². The van der Waals surface area contributed by atoms with Gasteiger partial charge in [0, 0.05) is 37.6 Å². The molecular formula is C20H38N4O8S11. The maximum absolute atomic E-state index is 12.0. The molecule has 0 rings (SSSR count). The summed E-state index contributed by atoms with van der Waals surface area (Å²) in [5, 5.41) is 25.6. The highest BCUT2D eigenvalue weighted by atomic mass is 32.2. The fourth-order valence-corrected chi connectivity index (χ4v) is 10.2. The quantitative estimate of drug-likeness (QED) is 0.0140. The summed E-state index contributed by atoms with van der Waals surface area (Å²) in [6.07, 6.45) is 0.793. The summed E-state index contributed by atoms with van der Waals surface area (Å²) in [5.74, 6) is 5.52. The number of rotatable bonds is 31. The van der Waals surface area contributed by atoms with Crippen molar-refractivity contribution in [1.82, 2.24) is 10.6 Å². The minimum Gasteiger partial charge on any atom is -0.611 e. The van der Waals surface area contributed by atoms with E-state index in [4.69, 9.17) is 24.7 Å². The van der Waals surface area contributed by atoms with Gasteiger partial charge in [-0.2, -0.15) is 16.6 Å². The highest BCUT2D eigenvalue weighted by Gasteiger charge is 2.05. The zero-order valence-corrected chi connectivity index (χ0v) is 32.2. The van der Waals surface area contributed by atoms with Gasteiger partial charge in [0.25, 0.3) is 5.24 Å². The molecule has 1 unspecified atom stereocenters. The Kier molecular flexibility index (Phi) is 39.4. The van der Waals surface area contributed by atoms with Gasteiger partial charge in [0.15, 0.2) is 0 Å². The molecule has 0 fully saturated rings. The van der Waals surface area contributed by atoms with Gasteiger partial charge in [-0.05, 0) is 11.2 Å². The number of aliphatic imine (C=N–C) groups is 2. The van der Waals surface area contributed by atoms with E-state index in [1.165, 1.54) is 82.5 Å². The van der Waals surface area contributed by atoms with E-state index in [1.807, 2.05) is 0 Å². The summed E-state index contributed by atoms with van der Waals surface area (Å²) in [7, 11) is 0. The summed E-state index contributed by atoms with van der Waals surface area (Å²) in [6.45, 7) is 0. The van der Waals surface area contributed by atoms with Crippen LogP contribution in [0.4, 0.5) is 9.59 Å². The molecule has 23 heteroatoms. The van der Waals surface area contributed by atoms with Gasteiger partial charge in [-0.3, -0.25) is 4.79 Å². The zero-order valence-electron chi connectivity index (χ0n) is 23.2. The molecule has 0 saturated carbocycles. The maximum atomic E-state index is 12.0. The van der Waals surface area contributed by atoms with Gasteiger partial charge >= 0.3 is 6.09 Å². The van der Waals surface area contributed by atoms with Crippen LogP contribution in [0.5, 0.6) is 0 Å². The minimum absolute atomic E-state index is 0.0531. The first kappa shape index (κ1) is 44.6. The molecule has 1 atom stereocenters. The molecule has 0 spiro atoms. The summed E-state index contributed by atoms with van der Waals surface area (Å²) < 4.78 is 17.0. The Morgan fingerprint density at radius 3 is 2.14 bits per heavy atom. The van der Waals surface area contributed by atoms with Crippen molar-refractivity contribution in [2.75, 3.05) is 90.6 Å². The predicted molar refractivity (Wildman–Crippen MR) is 204 cm³/mol. The number of carbonyl (C=O) groups is 2. The first-order valence-electron chi connectivity index (χ1n) is 12.0. The average molecular weight is 815 g/mol. The topological polar surface area (TPSA) is 174 Å². The molecule has 0 saturated heterocycles. The predicted octanol–water partition coefficient (Wildman–Crippen LogP) is 4.98. The maximum Gasteiger partial charge on any atom is 0.408 e. The van der Waals surface area contributed by atoms with Crippen LogP contribution in [-0.2, 0) is 25.7 Å². The molecule has 0 aromatic rings. The van der Waals surface area contributed by atoms with E-state index in [9.17, 15) is 14.1 Å². The van der Waals surface area contributed by atoms with Crippen molar-refractivity contribution in [2.24, 2.45) is 9.98 Å². The molecule has 12 nitrogen and oxygen atoms in total. The van der Waals surface area contributed by atoms with Gasteiger partial charge < -0.3 is 35.0 Å². The third-order valence-electron chi connectivity index (χ3n) is 3.49. The van der Waals surface area contributed by atoms with Crippen LogP contribution >= 0.6 is 118 Å². The Bertz CT molecular complexity index is 711. The molecule has 4 N–H and O–H groups in total. The van der Waals surface area contributed by atoms with Crippen molar-refractivity contribution in [3.8, 4) is 0 Å². The Labute approximate surface area is 299 Å². The monoisotopic (exact) mass is 814 g/mol. The van der Waals surface area contributed by atoms with Crippen molar-refractivity contribution < 1.29 is 38.9 Å². The van der Waals surface area contributed by atoms with E-state index in [0.717, 1.165) is 26.8 Å². The lowest BCUT2D eigenvalue weighted by Crippen LogP contribution is -2.23.